The lowest BCUT2D eigenvalue weighted by molar-refractivity contribution is -0.121. The Morgan fingerprint density at radius 1 is 0.689 bits per heavy atom. The smallest absolute Gasteiger partial charge is 0.337 e. The van der Waals surface area contributed by atoms with Crippen LogP contribution in [0.15, 0.2) is 65.6 Å². The first-order chi connectivity index (χ1) is 21.1. The molecular weight excluding hydrogens is 628 g/mol. The van der Waals surface area contributed by atoms with Gasteiger partial charge in [0.05, 0.1) is 33.7 Å². The molecule has 16 heteroatoms. The Morgan fingerprint density at radius 3 is 1.58 bits per heavy atom. The normalized spacial score (nSPS) is 11.3. The molecule has 0 unspecified atom stereocenters. The standard InChI is InChI=1S/C29H32N4O10S2/c1-3-4-5-18-6-10-21(11-7-18)45(42,43)33-25-13-9-20(17-23(25)29(38)39)31-27(35)15-14-26(34)30-19-8-12-24(32-44(2,40)41)22(16-19)28(36)37/h6-13,16-17,32-33H,3-5,14-15H2,1-2H3,(H,30,34)(H,31,35)(H,36,37)(H,38,39). The summed E-state index contributed by atoms with van der Waals surface area (Å²) in [7, 11) is -7.87. The van der Waals surface area contributed by atoms with Gasteiger partial charge in [0.1, 0.15) is 0 Å². The predicted octanol–water partition coefficient (Wildman–Crippen LogP) is 3.96. The molecule has 3 rings (SSSR count). The third-order valence-electron chi connectivity index (χ3n) is 6.24. The van der Waals surface area contributed by atoms with Crippen molar-refractivity contribution < 1.29 is 46.2 Å². The van der Waals surface area contributed by atoms with Gasteiger partial charge >= 0.3 is 11.9 Å². The second-order valence-electron chi connectivity index (χ2n) is 9.95. The number of carboxylic acids is 2. The molecule has 240 valence electrons. The van der Waals surface area contributed by atoms with Gasteiger partial charge in [0.25, 0.3) is 10.0 Å². The number of carbonyl (C=O) groups excluding carboxylic acids is 2. The van der Waals surface area contributed by atoms with E-state index in [1.807, 2.05) is 6.92 Å². The SMILES string of the molecule is CCCCc1ccc(S(=O)(=O)Nc2ccc(NC(=O)CCC(=O)Nc3ccc(NS(C)(=O)=O)c(C(=O)O)c3)cc2C(=O)O)cc1. The first-order valence-electron chi connectivity index (χ1n) is 13.5. The van der Waals surface area contributed by atoms with Crippen molar-refractivity contribution in [3.8, 4) is 0 Å². The number of unbranched alkanes of at least 4 members (excludes halogenated alkanes) is 1. The maximum Gasteiger partial charge on any atom is 0.337 e. The Labute approximate surface area is 260 Å². The van der Waals surface area contributed by atoms with Crippen LogP contribution < -0.4 is 20.1 Å². The van der Waals surface area contributed by atoms with Gasteiger partial charge in [0.2, 0.25) is 21.8 Å². The fourth-order valence-corrected chi connectivity index (χ4v) is 5.73. The van der Waals surface area contributed by atoms with E-state index in [0.717, 1.165) is 43.2 Å². The number of nitrogens with one attached hydrogen (secondary N) is 4. The van der Waals surface area contributed by atoms with E-state index in [1.165, 1.54) is 36.4 Å². The van der Waals surface area contributed by atoms with E-state index in [4.69, 9.17) is 0 Å². The predicted molar refractivity (Wildman–Crippen MR) is 168 cm³/mol. The number of benzene rings is 3. The molecule has 6 N–H and O–H groups in total. The summed E-state index contributed by atoms with van der Waals surface area (Å²) in [6.07, 6.45) is 2.94. The summed E-state index contributed by atoms with van der Waals surface area (Å²) in [6.45, 7) is 2.05. The summed E-state index contributed by atoms with van der Waals surface area (Å²) in [5.74, 6) is -4.19. The van der Waals surface area contributed by atoms with Crippen molar-refractivity contribution >= 4 is 66.5 Å². The highest BCUT2D eigenvalue weighted by atomic mass is 32.2. The van der Waals surface area contributed by atoms with Crippen LogP contribution >= 0.6 is 0 Å². The highest BCUT2D eigenvalue weighted by Gasteiger charge is 2.20. The molecule has 0 spiro atoms. The minimum absolute atomic E-state index is 0.0427. The van der Waals surface area contributed by atoms with Gasteiger partial charge in [-0.05, 0) is 66.9 Å². The Kier molecular flexibility index (Phi) is 11.3. The van der Waals surface area contributed by atoms with Crippen LogP contribution in [0.4, 0.5) is 22.7 Å². The first kappa shape index (κ1) is 34.5. The van der Waals surface area contributed by atoms with E-state index in [0.29, 0.717) is 0 Å². The molecule has 0 saturated heterocycles. The zero-order valence-electron chi connectivity index (χ0n) is 24.3. The minimum Gasteiger partial charge on any atom is -0.478 e. The van der Waals surface area contributed by atoms with Gasteiger partial charge < -0.3 is 20.8 Å². The summed E-state index contributed by atoms with van der Waals surface area (Å²) in [5.41, 5.74) is -0.167. The maximum absolute atomic E-state index is 12.9. The Balaban J connectivity index is 1.63. The quantitative estimate of drug-likeness (QED) is 0.138. The summed E-state index contributed by atoms with van der Waals surface area (Å²) in [4.78, 5) is 48.2. The second-order valence-corrected chi connectivity index (χ2v) is 13.4. The van der Waals surface area contributed by atoms with Crippen LogP contribution in [0, 0.1) is 0 Å². The van der Waals surface area contributed by atoms with Crippen LogP contribution in [-0.4, -0.2) is 57.1 Å². The van der Waals surface area contributed by atoms with Crippen LogP contribution in [-0.2, 0) is 36.1 Å². The molecule has 3 aromatic rings. The number of carboxylic acid groups (broad SMARTS) is 2. The molecule has 0 fully saturated rings. The number of aromatic carboxylic acids is 2. The number of hydrogen-bond acceptors (Lipinski definition) is 8. The summed E-state index contributed by atoms with van der Waals surface area (Å²) in [5, 5.41) is 23.9. The summed E-state index contributed by atoms with van der Waals surface area (Å²) >= 11 is 0. The van der Waals surface area contributed by atoms with E-state index in [1.54, 1.807) is 12.1 Å². The zero-order valence-corrected chi connectivity index (χ0v) is 25.9. The van der Waals surface area contributed by atoms with Crippen LogP contribution in [0.1, 0.15) is 58.9 Å². The monoisotopic (exact) mass is 660 g/mol. The van der Waals surface area contributed by atoms with Crippen LogP contribution in [0.3, 0.4) is 0 Å². The highest BCUT2D eigenvalue weighted by molar-refractivity contribution is 7.92. The van der Waals surface area contributed by atoms with Crippen LogP contribution in [0.5, 0.6) is 0 Å². The van der Waals surface area contributed by atoms with Gasteiger partial charge in [-0.25, -0.2) is 26.4 Å². The van der Waals surface area contributed by atoms with E-state index >= 15 is 0 Å². The Morgan fingerprint density at radius 2 is 1.16 bits per heavy atom. The number of rotatable bonds is 15. The molecular formula is C29H32N4O10S2. The lowest BCUT2D eigenvalue weighted by Crippen LogP contribution is -2.19. The topological polar surface area (TPSA) is 225 Å². The number of anilines is 4. The van der Waals surface area contributed by atoms with Crippen molar-refractivity contribution in [2.45, 2.75) is 43.9 Å². The van der Waals surface area contributed by atoms with Crippen molar-refractivity contribution in [2.24, 2.45) is 0 Å². The summed E-state index contributed by atoms with van der Waals surface area (Å²) in [6, 6.07) is 13.4. The Bertz CT molecular complexity index is 1820. The molecule has 3 aromatic carbocycles. The fraction of sp³-hybridized carbons (Fsp3) is 0.241. The molecule has 0 atom stereocenters. The van der Waals surface area contributed by atoms with Crippen LogP contribution in [0.25, 0.3) is 0 Å². The van der Waals surface area contributed by atoms with Gasteiger partial charge in [-0.15, -0.1) is 0 Å². The number of sulfonamides is 2. The highest BCUT2D eigenvalue weighted by Crippen LogP contribution is 2.25. The van der Waals surface area contributed by atoms with Gasteiger partial charge in [0.15, 0.2) is 0 Å². The molecule has 45 heavy (non-hydrogen) atoms. The molecule has 0 aliphatic heterocycles. The van der Waals surface area contributed by atoms with Crippen molar-refractivity contribution in [3.05, 3.63) is 77.4 Å². The van der Waals surface area contributed by atoms with Crippen molar-refractivity contribution in [1.29, 1.82) is 0 Å². The molecule has 0 aliphatic rings. The van der Waals surface area contributed by atoms with E-state index < -0.39 is 54.9 Å². The number of amides is 2. The van der Waals surface area contributed by atoms with Crippen LogP contribution in [0.2, 0.25) is 0 Å². The van der Waals surface area contributed by atoms with E-state index in [9.17, 15) is 46.2 Å². The first-order valence-corrected chi connectivity index (χ1v) is 16.9. The molecule has 0 aromatic heterocycles. The van der Waals surface area contributed by atoms with E-state index in [-0.39, 0.29) is 40.5 Å². The van der Waals surface area contributed by atoms with Crippen molar-refractivity contribution in [3.63, 3.8) is 0 Å². The van der Waals surface area contributed by atoms with Gasteiger partial charge in [-0.3, -0.25) is 19.0 Å². The lowest BCUT2D eigenvalue weighted by Gasteiger charge is -2.13. The molecule has 14 nitrogen and oxygen atoms in total. The van der Waals surface area contributed by atoms with Crippen molar-refractivity contribution in [2.75, 3.05) is 26.3 Å². The number of aryl methyl sites for hydroxylation is 1. The largest absolute Gasteiger partial charge is 0.478 e. The average Bonchev–Trinajstić information content (AvgIpc) is 2.95. The molecule has 0 radical (unpaired) electrons. The second kappa shape index (κ2) is 14.7. The minimum atomic E-state index is -4.11. The number of hydrogen-bond donors (Lipinski definition) is 6. The van der Waals surface area contributed by atoms with Gasteiger partial charge in [0, 0.05) is 24.2 Å². The lowest BCUT2D eigenvalue weighted by atomic mass is 10.1. The zero-order chi connectivity index (χ0) is 33.4. The van der Waals surface area contributed by atoms with E-state index in [2.05, 4.69) is 20.1 Å². The van der Waals surface area contributed by atoms with Crippen molar-refractivity contribution in [1.82, 2.24) is 0 Å². The van der Waals surface area contributed by atoms with Gasteiger partial charge in [-0.2, -0.15) is 0 Å². The molecule has 0 aliphatic carbocycles. The fourth-order valence-electron chi connectivity index (χ4n) is 4.07. The maximum atomic E-state index is 12.9. The van der Waals surface area contributed by atoms with Gasteiger partial charge in [-0.1, -0.05) is 25.5 Å². The number of carbonyl (C=O) groups is 4. The molecule has 0 heterocycles. The Hall–Kier alpha value is -4.96. The summed E-state index contributed by atoms with van der Waals surface area (Å²) < 4.78 is 53.1. The molecule has 0 saturated carbocycles. The molecule has 0 bridgehead atoms. The third-order valence-corrected chi connectivity index (χ3v) is 8.21. The third kappa shape index (κ3) is 10.3. The average molecular weight is 661 g/mol. The molecule has 2 amide bonds.